The molecule has 2 unspecified atom stereocenters. The van der Waals surface area contributed by atoms with Gasteiger partial charge < -0.3 is 14.9 Å². The molecule has 0 aromatic heterocycles. The van der Waals surface area contributed by atoms with Crippen LogP contribution in [0.1, 0.15) is 17.2 Å². The molecule has 2 aromatic carbocycles. The summed E-state index contributed by atoms with van der Waals surface area (Å²) in [6, 6.07) is 14.9. The molecular formula is C16H16O3. The number of aromatic hydroxyl groups is 1. The molecule has 0 aliphatic heterocycles. The second-order valence-electron chi connectivity index (χ2n) is 4.88. The van der Waals surface area contributed by atoms with Crippen molar-refractivity contribution in [2.45, 2.75) is 12.5 Å². The van der Waals surface area contributed by atoms with Gasteiger partial charge >= 0.3 is 0 Å². The van der Waals surface area contributed by atoms with E-state index in [4.69, 9.17) is 4.74 Å². The lowest BCUT2D eigenvalue weighted by atomic mass is 10.0. The molecule has 0 fully saturated rings. The molecule has 0 radical (unpaired) electrons. The Balaban J connectivity index is 1.90. The maximum Gasteiger partial charge on any atom is 0.129 e. The van der Waals surface area contributed by atoms with Crippen molar-refractivity contribution < 1.29 is 14.9 Å². The summed E-state index contributed by atoms with van der Waals surface area (Å²) >= 11 is 0. The van der Waals surface area contributed by atoms with Crippen molar-refractivity contribution >= 4 is 0 Å². The lowest BCUT2D eigenvalue weighted by molar-refractivity contribution is 0.0997. The van der Waals surface area contributed by atoms with E-state index >= 15 is 0 Å². The van der Waals surface area contributed by atoms with E-state index in [0.29, 0.717) is 5.75 Å². The quantitative estimate of drug-likeness (QED) is 0.887. The van der Waals surface area contributed by atoms with Crippen LogP contribution < -0.4 is 4.74 Å². The van der Waals surface area contributed by atoms with Gasteiger partial charge in [-0.15, -0.1) is 0 Å². The van der Waals surface area contributed by atoms with E-state index in [-0.39, 0.29) is 24.4 Å². The van der Waals surface area contributed by atoms with Gasteiger partial charge in [0.25, 0.3) is 0 Å². The van der Waals surface area contributed by atoms with Crippen LogP contribution in [0.5, 0.6) is 11.5 Å². The van der Waals surface area contributed by atoms with Crippen LogP contribution in [-0.4, -0.2) is 16.8 Å². The van der Waals surface area contributed by atoms with Gasteiger partial charge in [0.05, 0.1) is 6.61 Å². The normalized spacial score (nSPS) is 21.1. The Morgan fingerprint density at radius 3 is 2.74 bits per heavy atom. The molecular weight excluding hydrogens is 240 g/mol. The molecule has 3 rings (SSSR count). The Labute approximate surface area is 112 Å². The van der Waals surface area contributed by atoms with E-state index < -0.39 is 0 Å². The maximum atomic E-state index is 9.51. The number of hydrogen-bond acceptors (Lipinski definition) is 3. The van der Waals surface area contributed by atoms with Crippen molar-refractivity contribution in [2.24, 2.45) is 5.92 Å². The number of fused-ring (bicyclic) bond motifs is 1. The monoisotopic (exact) mass is 256 g/mol. The lowest BCUT2D eigenvalue weighted by Crippen LogP contribution is -2.17. The topological polar surface area (TPSA) is 49.7 Å². The Bertz CT molecular complexity index is 580. The molecule has 0 heterocycles. The summed E-state index contributed by atoms with van der Waals surface area (Å²) < 4.78 is 5.97. The Kier molecular flexibility index (Phi) is 3.13. The molecule has 3 nitrogen and oxygen atoms in total. The first-order chi connectivity index (χ1) is 9.28. The molecule has 0 saturated carbocycles. The molecule has 2 aromatic rings. The molecule has 2 N–H and O–H groups in total. The average molecular weight is 256 g/mol. The number of ether oxygens (including phenoxy) is 1. The van der Waals surface area contributed by atoms with Crippen molar-refractivity contribution in [1.82, 2.24) is 0 Å². The van der Waals surface area contributed by atoms with E-state index in [1.807, 2.05) is 24.3 Å². The van der Waals surface area contributed by atoms with Gasteiger partial charge in [0.2, 0.25) is 0 Å². The third-order valence-electron chi connectivity index (χ3n) is 3.59. The number of phenolic OH excluding ortho intramolecular Hbond substituents is 1. The summed E-state index contributed by atoms with van der Waals surface area (Å²) in [5, 5.41) is 19.0. The molecule has 1 aliphatic rings. The van der Waals surface area contributed by atoms with Crippen molar-refractivity contribution in [3.05, 3.63) is 59.7 Å². The molecule has 0 amide bonds. The first-order valence-electron chi connectivity index (χ1n) is 6.42. The molecule has 19 heavy (non-hydrogen) atoms. The van der Waals surface area contributed by atoms with Crippen LogP contribution in [0.4, 0.5) is 0 Å². The van der Waals surface area contributed by atoms with Crippen molar-refractivity contribution in [3.63, 3.8) is 0 Å². The number of phenols is 1. The third-order valence-corrected chi connectivity index (χ3v) is 3.59. The summed E-state index contributed by atoms with van der Waals surface area (Å²) in [6.07, 6.45) is 0.680. The van der Waals surface area contributed by atoms with Crippen LogP contribution in [-0.2, 0) is 6.42 Å². The number of benzene rings is 2. The van der Waals surface area contributed by atoms with Gasteiger partial charge in [0.1, 0.15) is 17.6 Å². The van der Waals surface area contributed by atoms with Crippen molar-refractivity contribution in [1.29, 1.82) is 0 Å². The van der Waals surface area contributed by atoms with Crippen LogP contribution in [0, 0.1) is 5.92 Å². The minimum absolute atomic E-state index is 0.0692. The predicted molar refractivity (Wildman–Crippen MR) is 72.2 cm³/mol. The van der Waals surface area contributed by atoms with Crippen LogP contribution >= 0.6 is 0 Å². The third kappa shape index (κ3) is 2.29. The summed E-state index contributed by atoms with van der Waals surface area (Å²) in [4.78, 5) is 0. The van der Waals surface area contributed by atoms with Gasteiger partial charge in [-0.2, -0.15) is 0 Å². The SMILES string of the molecule is OCC1Cc2ccccc2C1Oc1cccc(O)c1. The smallest absolute Gasteiger partial charge is 0.129 e. The van der Waals surface area contributed by atoms with Crippen molar-refractivity contribution in [2.75, 3.05) is 6.61 Å². The molecule has 0 saturated heterocycles. The van der Waals surface area contributed by atoms with Crippen LogP contribution in [0.3, 0.4) is 0 Å². The maximum absolute atomic E-state index is 9.51. The van der Waals surface area contributed by atoms with Gasteiger partial charge in [0, 0.05) is 12.0 Å². The predicted octanol–water partition coefficient (Wildman–Crippen LogP) is 2.68. The Morgan fingerprint density at radius 2 is 1.95 bits per heavy atom. The van der Waals surface area contributed by atoms with Crippen molar-refractivity contribution in [3.8, 4) is 11.5 Å². The highest BCUT2D eigenvalue weighted by atomic mass is 16.5. The second-order valence-corrected chi connectivity index (χ2v) is 4.88. The van der Waals surface area contributed by atoms with Gasteiger partial charge in [-0.25, -0.2) is 0 Å². The minimum Gasteiger partial charge on any atom is -0.508 e. The Hall–Kier alpha value is -2.00. The highest BCUT2D eigenvalue weighted by Gasteiger charge is 2.33. The first kappa shape index (κ1) is 12.1. The van der Waals surface area contributed by atoms with E-state index in [2.05, 4.69) is 6.07 Å². The van der Waals surface area contributed by atoms with E-state index in [0.717, 1.165) is 12.0 Å². The van der Waals surface area contributed by atoms with Gasteiger partial charge in [-0.3, -0.25) is 0 Å². The molecule has 3 heteroatoms. The number of hydrogen-bond donors (Lipinski definition) is 2. The average Bonchev–Trinajstić information content (AvgIpc) is 2.77. The summed E-state index contributed by atoms with van der Waals surface area (Å²) in [6.45, 7) is 0.0954. The zero-order valence-electron chi connectivity index (χ0n) is 10.5. The molecule has 2 atom stereocenters. The molecule has 0 spiro atoms. The number of aliphatic hydroxyl groups excluding tert-OH is 1. The highest BCUT2D eigenvalue weighted by molar-refractivity contribution is 5.37. The van der Waals surface area contributed by atoms with E-state index in [1.165, 1.54) is 5.56 Å². The first-order valence-corrected chi connectivity index (χ1v) is 6.42. The van der Waals surface area contributed by atoms with Crippen LogP contribution in [0.15, 0.2) is 48.5 Å². The molecule has 1 aliphatic carbocycles. The van der Waals surface area contributed by atoms with E-state index in [1.54, 1.807) is 18.2 Å². The fraction of sp³-hybridized carbons (Fsp3) is 0.250. The standard InChI is InChI=1S/C16H16O3/c17-10-12-8-11-4-1-2-7-15(11)16(12)19-14-6-3-5-13(18)9-14/h1-7,9,12,16-18H,8,10H2. The van der Waals surface area contributed by atoms with E-state index in [9.17, 15) is 10.2 Å². The Morgan fingerprint density at radius 1 is 1.11 bits per heavy atom. The van der Waals surface area contributed by atoms with Gasteiger partial charge in [-0.1, -0.05) is 30.3 Å². The highest BCUT2D eigenvalue weighted by Crippen LogP contribution is 2.39. The minimum atomic E-state index is -0.150. The fourth-order valence-corrected chi connectivity index (χ4v) is 2.66. The number of rotatable bonds is 3. The van der Waals surface area contributed by atoms with Crippen LogP contribution in [0.25, 0.3) is 0 Å². The van der Waals surface area contributed by atoms with Gasteiger partial charge in [-0.05, 0) is 29.7 Å². The van der Waals surface area contributed by atoms with Gasteiger partial charge in [0.15, 0.2) is 0 Å². The largest absolute Gasteiger partial charge is 0.508 e. The lowest BCUT2D eigenvalue weighted by Gasteiger charge is -2.20. The zero-order chi connectivity index (χ0) is 13.2. The summed E-state index contributed by atoms with van der Waals surface area (Å²) in [5.41, 5.74) is 2.36. The fourth-order valence-electron chi connectivity index (χ4n) is 2.66. The summed E-state index contributed by atoms with van der Waals surface area (Å²) in [5.74, 6) is 0.879. The molecule has 98 valence electrons. The molecule has 0 bridgehead atoms. The second kappa shape index (κ2) is 4.94. The van der Waals surface area contributed by atoms with Crippen LogP contribution in [0.2, 0.25) is 0 Å². The summed E-state index contributed by atoms with van der Waals surface area (Å²) in [7, 11) is 0. The number of aliphatic hydroxyl groups is 1. The zero-order valence-corrected chi connectivity index (χ0v) is 10.5.